The van der Waals surface area contributed by atoms with Gasteiger partial charge in [-0.3, -0.25) is 0 Å². The standard InChI is InChI=1S/C27H37N5O3/c1-32(2)26-21-7-5-6-8-22(21)30-27(31-26)29-20-12-9-18(10-13-20)15-16-28-17-19-11-14-23(34-3)24(33)25(19)35-4/h5-8,11,14,18,20,28,33H,9-10,12-13,15-17H2,1-4H3,(H,29,30,31)/t18-,20+. The molecule has 0 saturated heterocycles. The van der Waals surface area contributed by atoms with Crippen molar-refractivity contribution in [3.8, 4) is 17.2 Å². The summed E-state index contributed by atoms with van der Waals surface area (Å²) in [6.07, 6.45) is 5.77. The minimum atomic E-state index is 0.0493. The number of aromatic nitrogens is 2. The Kier molecular flexibility index (Phi) is 8.13. The van der Waals surface area contributed by atoms with Crippen LogP contribution in [0.4, 0.5) is 11.8 Å². The molecule has 1 aliphatic rings. The maximum absolute atomic E-state index is 10.3. The predicted molar refractivity (Wildman–Crippen MR) is 141 cm³/mol. The lowest BCUT2D eigenvalue weighted by atomic mass is 9.84. The van der Waals surface area contributed by atoms with E-state index in [2.05, 4.69) is 16.7 Å². The Morgan fingerprint density at radius 2 is 1.77 bits per heavy atom. The van der Waals surface area contributed by atoms with Crippen LogP contribution in [-0.2, 0) is 6.54 Å². The fourth-order valence-electron chi connectivity index (χ4n) is 4.90. The molecule has 8 heteroatoms. The Balaban J connectivity index is 1.25. The number of hydrogen-bond acceptors (Lipinski definition) is 8. The molecule has 0 amide bonds. The Labute approximate surface area is 207 Å². The molecule has 2 aromatic carbocycles. The lowest BCUT2D eigenvalue weighted by Gasteiger charge is -2.29. The van der Waals surface area contributed by atoms with E-state index in [1.807, 2.05) is 43.3 Å². The van der Waals surface area contributed by atoms with Crippen molar-refractivity contribution >= 4 is 22.7 Å². The summed E-state index contributed by atoms with van der Waals surface area (Å²) in [7, 11) is 7.14. The first-order valence-electron chi connectivity index (χ1n) is 12.3. The molecule has 0 aliphatic heterocycles. The minimum Gasteiger partial charge on any atom is -0.502 e. The molecule has 0 bridgehead atoms. The first kappa shape index (κ1) is 24.9. The van der Waals surface area contributed by atoms with Gasteiger partial charge in [-0.25, -0.2) is 4.98 Å². The highest BCUT2D eigenvalue weighted by atomic mass is 16.5. The van der Waals surface area contributed by atoms with E-state index in [9.17, 15) is 5.11 Å². The van der Waals surface area contributed by atoms with E-state index in [1.165, 1.54) is 20.0 Å². The van der Waals surface area contributed by atoms with Gasteiger partial charge in [-0.15, -0.1) is 0 Å². The quantitative estimate of drug-likeness (QED) is 0.364. The summed E-state index contributed by atoms with van der Waals surface area (Å²) in [6.45, 7) is 1.57. The van der Waals surface area contributed by atoms with Crippen molar-refractivity contribution in [2.75, 3.05) is 45.1 Å². The van der Waals surface area contributed by atoms with Crippen LogP contribution in [0.15, 0.2) is 36.4 Å². The van der Waals surface area contributed by atoms with Crippen LogP contribution in [0.3, 0.4) is 0 Å². The first-order chi connectivity index (χ1) is 17.0. The van der Waals surface area contributed by atoms with E-state index in [0.717, 1.165) is 48.1 Å². The average Bonchev–Trinajstić information content (AvgIpc) is 2.87. The molecule has 0 radical (unpaired) electrons. The topological polar surface area (TPSA) is 91.8 Å². The van der Waals surface area contributed by atoms with Gasteiger partial charge in [-0.05, 0) is 62.8 Å². The van der Waals surface area contributed by atoms with E-state index >= 15 is 0 Å². The van der Waals surface area contributed by atoms with Crippen LogP contribution in [0.5, 0.6) is 17.2 Å². The second-order valence-electron chi connectivity index (χ2n) is 9.42. The van der Waals surface area contributed by atoms with Gasteiger partial charge in [0.15, 0.2) is 11.5 Å². The molecule has 8 nitrogen and oxygen atoms in total. The molecule has 35 heavy (non-hydrogen) atoms. The SMILES string of the molecule is COc1ccc(CNCC[C@H]2CC[C@@H](Nc3nc(N(C)C)c4ccccc4n3)CC2)c(OC)c1O. The third-order valence-electron chi connectivity index (χ3n) is 6.83. The van der Waals surface area contributed by atoms with Crippen LogP contribution in [0.1, 0.15) is 37.7 Å². The van der Waals surface area contributed by atoms with Gasteiger partial charge in [0, 0.05) is 37.6 Å². The maximum atomic E-state index is 10.3. The predicted octanol–water partition coefficient (Wildman–Crippen LogP) is 4.57. The highest BCUT2D eigenvalue weighted by Gasteiger charge is 2.22. The monoisotopic (exact) mass is 479 g/mol. The van der Waals surface area contributed by atoms with Gasteiger partial charge in [0.1, 0.15) is 5.82 Å². The lowest BCUT2D eigenvalue weighted by Crippen LogP contribution is -2.28. The highest BCUT2D eigenvalue weighted by molar-refractivity contribution is 5.90. The fraction of sp³-hybridized carbons (Fsp3) is 0.481. The molecule has 0 atom stereocenters. The number of methoxy groups -OCH3 is 2. The van der Waals surface area contributed by atoms with Gasteiger partial charge in [-0.2, -0.15) is 4.98 Å². The number of anilines is 2. The van der Waals surface area contributed by atoms with Gasteiger partial charge >= 0.3 is 0 Å². The van der Waals surface area contributed by atoms with Crippen molar-refractivity contribution in [1.29, 1.82) is 0 Å². The normalized spacial score (nSPS) is 17.8. The summed E-state index contributed by atoms with van der Waals surface area (Å²) < 4.78 is 10.5. The van der Waals surface area contributed by atoms with Crippen molar-refractivity contribution < 1.29 is 14.6 Å². The Hall–Kier alpha value is -3.26. The second kappa shape index (κ2) is 11.4. The third kappa shape index (κ3) is 5.88. The Bertz CT molecular complexity index is 1130. The molecule has 1 fully saturated rings. The number of nitrogens with one attached hydrogen (secondary N) is 2. The van der Waals surface area contributed by atoms with Crippen LogP contribution in [0, 0.1) is 5.92 Å². The van der Waals surface area contributed by atoms with Crippen molar-refractivity contribution in [2.45, 2.75) is 44.7 Å². The van der Waals surface area contributed by atoms with Crippen LogP contribution >= 0.6 is 0 Å². The minimum absolute atomic E-state index is 0.0493. The van der Waals surface area contributed by atoms with E-state index in [4.69, 9.17) is 19.4 Å². The smallest absolute Gasteiger partial charge is 0.225 e. The third-order valence-corrected chi connectivity index (χ3v) is 6.83. The largest absolute Gasteiger partial charge is 0.502 e. The van der Waals surface area contributed by atoms with Gasteiger partial charge in [0.2, 0.25) is 11.7 Å². The van der Waals surface area contributed by atoms with Gasteiger partial charge in [0.05, 0.1) is 19.7 Å². The van der Waals surface area contributed by atoms with Crippen molar-refractivity contribution in [3.63, 3.8) is 0 Å². The molecule has 3 N–H and O–H groups in total. The molecule has 0 spiro atoms. The number of fused-ring (bicyclic) bond motifs is 1. The molecular weight excluding hydrogens is 442 g/mol. The summed E-state index contributed by atoms with van der Waals surface area (Å²) in [5.41, 5.74) is 1.89. The Morgan fingerprint density at radius 3 is 2.49 bits per heavy atom. The average molecular weight is 480 g/mol. The molecule has 1 aliphatic carbocycles. The van der Waals surface area contributed by atoms with Crippen LogP contribution in [0.2, 0.25) is 0 Å². The molecule has 1 saturated carbocycles. The summed E-state index contributed by atoms with van der Waals surface area (Å²) in [4.78, 5) is 11.6. The number of para-hydroxylation sites is 1. The maximum Gasteiger partial charge on any atom is 0.225 e. The molecule has 3 aromatic rings. The van der Waals surface area contributed by atoms with E-state index in [0.29, 0.717) is 36.0 Å². The second-order valence-corrected chi connectivity index (χ2v) is 9.42. The van der Waals surface area contributed by atoms with Crippen LogP contribution in [-0.4, -0.2) is 56.0 Å². The van der Waals surface area contributed by atoms with E-state index in [-0.39, 0.29) is 5.75 Å². The van der Waals surface area contributed by atoms with Crippen molar-refractivity contribution in [2.24, 2.45) is 5.92 Å². The summed E-state index contributed by atoms with van der Waals surface area (Å²) in [6, 6.07) is 12.3. The van der Waals surface area contributed by atoms with E-state index in [1.54, 1.807) is 13.2 Å². The number of benzene rings is 2. The van der Waals surface area contributed by atoms with Gasteiger partial charge in [-0.1, -0.05) is 18.2 Å². The number of ether oxygens (including phenoxy) is 2. The first-order valence-corrected chi connectivity index (χ1v) is 12.3. The number of rotatable bonds is 10. The fourth-order valence-corrected chi connectivity index (χ4v) is 4.90. The summed E-state index contributed by atoms with van der Waals surface area (Å²) in [5.74, 6) is 3.31. The van der Waals surface area contributed by atoms with Crippen molar-refractivity contribution in [1.82, 2.24) is 15.3 Å². The summed E-state index contributed by atoms with van der Waals surface area (Å²) in [5, 5.41) is 18.4. The Morgan fingerprint density at radius 1 is 1.00 bits per heavy atom. The zero-order valence-electron chi connectivity index (χ0n) is 21.2. The zero-order chi connectivity index (χ0) is 24.8. The molecule has 188 valence electrons. The zero-order valence-corrected chi connectivity index (χ0v) is 21.2. The van der Waals surface area contributed by atoms with Crippen molar-refractivity contribution in [3.05, 3.63) is 42.0 Å². The number of phenols is 1. The summed E-state index contributed by atoms with van der Waals surface area (Å²) >= 11 is 0. The highest BCUT2D eigenvalue weighted by Crippen LogP contribution is 2.38. The van der Waals surface area contributed by atoms with Crippen LogP contribution in [0.25, 0.3) is 10.9 Å². The number of aromatic hydroxyl groups is 1. The van der Waals surface area contributed by atoms with E-state index < -0.39 is 0 Å². The van der Waals surface area contributed by atoms with Gasteiger partial charge < -0.3 is 30.1 Å². The lowest BCUT2D eigenvalue weighted by molar-refractivity contribution is 0.315. The van der Waals surface area contributed by atoms with Crippen LogP contribution < -0.4 is 25.0 Å². The number of nitrogens with zero attached hydrogens (tertiary/aromatic N) is 3. The molecule has 1 heterocycles. The molecule has 1 aromatic heterocycles. The number of hydrogen-bond donors (Lipinski definition) is 3. The number of phenolic OH excluding ortho intramolecular Hbond substituents is 1. The molecule has 4 rings (SSSR count). The molecular formula is C27H37N5O3. The van der Waals surface area contributed by atoms with Gasteiger partial charge in [0.25, 0.3) is 0 Å². The molecule has 0 unspecified atom stereocenters.